The monoisotopic (exact) mass is 522 g/mol. The summed E-state index contributed by atoms with van der Waals surface area (Å²) in [6.07, 6.45) is 2.59. The van der Waals surface area contributed by atoms with E-state index in [1.807, 2.05) is 20.8 Å². The molecule has 4 aromatic rings. The Morgan fingerprint density at radius 1 is 1.08 bits per heavy atom. The molecule has 1 aliphatic rings. The number of carbonyl (C=O) groups excluding carboxylic acids is 1. The minimum absolute atomic E-state index is 0.145. The number of amides is 1. The number of rotatable bonds is 4. The first kappa shape index (κ1) is 25.4. The van der Waals surface area contributed by atoms with Crippen molar-refractivity contribution >= 4 is 22.9 Å². The van der Waals surface area contributed by atoms with Crippen molar-refractivity contribution < 1.29 is 23.0 Å². The van der Waals surface area contributed by atoms with Gasteiger partial charge in [0.05, 0.1) is 11.4 Å². The van der Waals surface area contributed by atoms with Gasteiger partial charge in [-0.05, 0) is 70.0 Å². The second kappa shape index (κ2) is 9.88. The Bertz CT molecular complexity index is 1460. The van der Waals surface area contributed by atoms with Crippen LogP contribution >= 0.6 is 0 Å². The van der Waals surface area contributed by atoms with Crippen LogP contribution in [0.2, 0.25) is 0 Å². The maximum atomic E-state index is 14.0. The Kier molecular flexibility index (Phi) is 6.60. The van der Waals surface area contributed by atoms with Crippen molar-refractivity contribution in [2.24, 2.45) is 0 Å². The molecular weight excluding hydrogens is 494 g/mol. The normalized spacial score (nSPS) is 16.0. The molecule has 2 aromatic heterocycles. The van der Waals surface area contributed by atoms with E-state index in [4.69, 9.17) is 20.3 Å². The van der Waals surface area contributed by atoms with Gasteiger partial charge in [-0.15, -0.1) is 0 Å². The number of benzene rings is 2. The molecule has 0 radical (unpaired) electrons. The molecule has 0 saturated carbocycles. The van der Waals surface area contributed by atoms with Crippen molar-refractivity contribution in [3.63, 3.8) is 0 Å². The summed E-state index contributed by atoms with van der Waals surface area (Å²) in [7, 11) is 0. The SMILES string of the molecule is CC(C)(C)OC(=O)N1CCC[C@@H](n2nc(-c3ccc(Oc4c(F)cccc4F)cc3)c3c(N)ncnc32)C1. The molecular formula is C27H28F2N6O3. The number of halogens is 2. The molecule has 9 nitrogen and oxygen atoms in total. The lowest BCUT2D eigenvalue weighted by molar-refractivity contribution is 0.0169. The number of fused-ring (bicyclic) bond motifs is 1. The largest absolute Gasteiger partial charge is 0.451 e. The second-order valence-electron chi connectivity index (χ2n) is 10.2. The lowest BCUT2D eigenvalue weighted by Crippen LogP contribution is -2.43. The number of nitrogen functional groups attached to an aromatic ring is 1. The molecule has 0 bridgehead atoms. The van der Waals surface area contributed by atoms with Crippen LogP contribution in [-0.4, -0.2) is 49.4 Å². The molecule has 0 aliphatic carbocycles. The van der Waals surface area contributed by atoms with E-state index >= 15 is 0 Å². The fourth-order valence-corrected chi connectivity index (χ4v) is 4.48. The number of ether oxygens (including phenoxy) is 2. The van der Waals surface area contributed by atoms with Gasteiger partial charge in [-0.3, -0.25) is 0 Å². The van der Waals surface area contributed by atoms with E-state index in [0.717, 1.165) is 25.0 Å². The number of carbonyl (C=O) groups is 1. The Hall–Kier alpha value is -4.28. The van der Waals surface area contributed by atoms with Crippen molar-refractivity contribution in [1.82, 2.24) is 24.6 Å². The van der Waals surface area contributed by atoms with Gasteiger partial charge in [0.1, 0.15) is 29.2 Å². The van der Waals surface area contributed by atoms with Crippen LogP contribution < -0.4 is 10.5 Å². The van der Waals surface area contributed by atoms with Crippen LogP contribution in [0.3, 0.4) is 0 Å². The van der Waals surface area contributed by atoms with Crippen molar-refractivity contribution in [2.45, 2.75) is 45.3 Å². The lowest BCUT2D eigenvalue weighted by atomic mass is 10.1. The number of nitrogens with zero attached hydrogens (tertiary/aromatic N) is 5. The van der Waals surface area contributed by atoms with Crippen LogP contribution in [0.5, 0.6) is 11.5 Å². The summed E-state index contributed by atoms with van der Waals surface area (Å²) in [5.74, 6) is -1.54. The van der Waals surface area contributed by atoms with Crippen LogP contribution in [0.15, 0.2) is 48.8 Å². The van der Waals surface area contributed by atoms with E-state index in [1.54, 1.807) is 33.8 Å². The van der Waals surface area contributed by atoms with E-state index in [-0.39, 0.29) is 23.7 Å². The number of nitrogens with two attached hydrogens (primary N) is 1. The van der Waals surface area contributed by atoms with Crippen molar-refractivity contribution in [2.75, 3.05) is 18.8 Å². The van der Waals surface area contributed by atoms with Gasteiger partial charge in [0.15, 0.2) is 23.0 Å². The van der Waals surface area contributed by atoms with Gasteiger partial charge in [0.25, 0.3) is 0 Å². The molecule has 1 saturated heterocycles. The highest BCUT2D eigenvalue weighted by atomic mass is 19.1. The Morgan fingerprint density at radius 2 is 1.79 bits per heavy atom. The average molecular weight is 523 g/mol. The number of hydrogen-bond acceptors (Lipinski definition) is 7. The quantitative estimate of drug-likeness (QED) is 0.365. The van der Waals surface area contributed by atoms with Gasteiger partial charge in [-0.25, -0.2) is 28.2 Å². The molecule has 198 valence electrons. The molecule has 5 rings (SSSR count). The molecule has 1 atom stereocenters. The third-order valence-electron chi connectivity index (χ3n) is 6.18. The van der Waals surface area contributed by atoms with E-state index < -0.39 is 23.0 Å². The van der Waals surface area contributed by atoms with Gasteiger partial charge in [0, 0.05) is 18.7 Å². The summed E-state index contributed by atoms with van der Waals surface area (Å²) in [6, 6.07) is 10.0. The molecule has 1 amide bonds. The van der Waals surface area contributed by atoms with Crippen LogP contribution in [0, 0.1) is 11.6 Å². The van der Waals surface area contributed by atoms with Gasteiger partial charge >= 0.3 is 6.09 Å². The zero-order valence-corrected chi connectivity index (χ0v) is 21.3. The predicted molar refractivity (Wildman–Crippen MR) is 138 cm³/mol. The molecule has 3 heterocycles. The van der Waals surface area contributed by atoms with Gasteiger partial charge in [-0.1, -0.05) is 6.07 Å². The van der Waals surface area contributed by atoms with E-state index in [1.165, 1.54) is 12.4 Å². The summed E-state index contributed by atoms with van der Waals surface area (Å²) in [5.41, 5.74) is 7.45. The van der Waals surface area contributed by atoms with Gasteiger partial charge in [0.2, 0.25) is 0 Å². The average Bonchev–Trinajstić information content (AvgIpc) is 3.27. The van der Waals surface area contributed by atoms with E-state index in [0.29, 0.717) is 35.4 Å². The topological polar surface area (TPSA) is 108 Å². The molecule has 2 aromatic carbocycles. The third-order valence-corrected chi connectivity index (χ3v) is 6.18. The smallest absolute Gasteiger partial charge is 0.410 e. The fourth-order valence-electron chi connectivity index (χ4n) is 4.48. The maximum Gasteiger partial charge on any atom is 0.410 e. The number of anilines is 1. The third kappa shape index (κ3) is 5.09. The molecule has 38 heavy (non-hydrogen) atoms. The summed E-state index contributed by atoms with van der Waals surface area (Å²) in [4.78, 5) is 23.0. The molecule has 1 aliphatic heterocycles. The summed E-state index contributed by atoms with van der Waals surface area (Å²) in [6.45, 7) is 6.52. The first-order valence-corrected chi connectivity index (χ1v) is 12.3. The number of likely N-dealkylation sites (tertiary alicyclic amines) is 1. The fraction of sp³-hybridized carbons (Fsp3) is 0.333. The number of piperidine rings is 1. The number of para-hydroxylation sites is 1. The first-order chi connectivity index (χ1) is 18.1. The zero-order chi connectivity index (χ0) is 27.0. The highest BCUT2D eigenvalue weighted by molar-refractivity contribution is 5.98. The van der Waals surface area contributed by atoms with E-state index in [2.05, 4.69) is 9.97 Å². The van der Waals surface area contributed by atoms with Crippen LogP contribution in [0.25, 0.3) is 22.3 Å². The van der Waals surface area contributed by atoms with Gasteiger partial charge in [-0.2, -0.15) is 5.10 Å². The highest BCUT2D eigenvalue weighted by Crippen LogP contribution is 2.35. The van der Waals surface area contributed by atoms with Crippen molar-refractivity contribution in [3.8, 4) is 22.8 Å². The predicted octanol–water partition coefficient (Wildman–Crippen LogP) is 5.72. The van der Waals surface area contributed by atoms with E-state index in [9.17, 15) is 13.6 Å². The molecule has 11 heteroatoms. The second-order valence-corrected chi connectivity index (χ2v) is 10.2. The van der Waals surface area contributed by atoms with Crippen molar-refractivity contribution in [3.05, 3.63) is 60.4 Å². The van der Waals surface area contributed by atoms with Crippen LogP contribution in [0.4, 0.5) is 19.4 Å². The molecule has 1 fully saturated rings. The highest BCUT2D eigenvalue weighted by Gasteiger charge is 2.31. The molecule has 2 N–H and O–H groups in total. The first-order valence-electron chi connectivity index (χ1n) is 12.3. The van der Waals surface area contributed by atoms with Gasteiger partial charge < -0.3 is 20.1 Å². The number of hydrogen-bond donors (Lipinski definition) is 1. The maximum absolute atomic E-state index is 14.0. The Morgan fingerprint density at radius 3 is 2.47 bits per heavy atom. The minimum atomic E-state index is -0.795. The standard InChI is InChI=1S/C27H28F2N6O3/c1-27(2,3)38-26(36)34-13-5-6-17(14-34)35-25-21(24(30)31-15-32-25)22(33-35)16-9-11-18(12-10-16)37-23-19(28)7-4-8-20(23)29/h4,7-12,15,17H,5-6,13-14H2,1-3H3,(H2,30,31,32)/t17-/m1/s1. The van der Waals surface area contributed by atoms with Crippen LogP contribution in [0.1, 0.15) is 39.7 Å². The molecule has 0 unspecified atom stereocenters. The zero-order valence-electron chi connectivity index (χ0n) is 21.3. The Balaban J connectivity index is 1.46. The van der Waals surface area contributed by atoms with Crippen LogP contribution in [-0.2, 0) is 4.74 Å². The summed E-state index contributed by atoms with van der Waals surface area (Å²) < 4.78 is 40.8. The summed E-state index contributed by atoms with van der Waals surface area (Å²) >= 11 is 0. The van der Waals surface area contributed by atoms with Crippen molar-refractivity contribution in [1.29, 1.82) is 0 Å². The molecule has 0 spiro atoms. The Labute approximate surface area is 218 Å². The minimum Gasteiger partial charge on any atom is -0.451 e. The number of aromatic nitrogens is 4. The lowest BCUT2D eigenvalue weighted by Gasteiger charge is -2.34. The summed E-state index contributed by atoms with van der Waals surface area (Å²) in [5, 5.41) is 5.43.